The van der Waals surface area contributed by atoms with Gasteiger partial charge in [0.1, 0.15) is 6.07 Å². The van der Waals surface area contributed by atoms with Crippen LogP contribution in [0.2, 0.25) is 5.02 Å². The number of carbonyl (C=O) groups is 2. The van der Waals surface area contributed by atoms with Crippen molar-refractivity contribution in [1.29, 1.82) is 5.26 Å². The average molecular weight is 464 g/mol. The number of anilines is 1. The first kappa shape index (κ1) is 17.8. The van der Waals surface area contributed by atoms with E-state index in [4.69, 9.17) is 21.1 Å². The van der Waals surface area contributed by atoms with Gasteiger partial charge in [0.15, 0.2) is 5.57 Å². The van der Waals surface area contributed by atoms with Crippen molar-refractivity contribution >= 4 is 61.1 Å². The number of nitrogens with one attached hydrogen (secondary N) is 1. The van der Waals surface area contributed by atoms with E-state index in [0.717, 1.165) is 6.20 Å². The number of cyclic esters (lactones) is 2. The highest BCUT2D eigenvalue weighted by molar-refractivity contribution is 9.11. The summed E-state index contributed by atoms with van der Waals surface area (Å²) in [5.41, 5.74) is 0.125. The number of hydrogen-bond donors (Lipinski definition) is 1. The minimum Gasteiger partial charge on any atom is -0.419 e. The summed E-state index contributed by atoms with van der Waals surface area (Å²) in [6.45, 7) is 2.90. The molecule has 0 radical (unpaired) electrons. The topological polar surface area (TPSA) is 88.4 Å². The van der Waals surface area contributed by atoms with Gasteiger partial charge in [0.05, 0.1) is 16.3 Å². The Balaban J connectivity index is 2.38. The van der Waals surface area contributed by atoms with E-state index in [9.17, 15) is 14.9 Å². The van der Waals surface area contributed by atoms with Crippen LogP contribution in [0.1, 0.15) is 19.4 Å². The van der Waals surface area contributed by atoms with Gasteiger partial charge >= 0.3 is 11.9 Å². The molecule has 0 unspecified atom stereocenters. The average Bonchev–Trinajstić information content (AvgIpc) is 2.42. The summed E-state index contributed by atoms with van der Waals surface area (Å²) in [4.78, 5) is 23.7. The summed E-state index contributed by atoms with van der Waals surface area (Å²) in [7, 11) is 0. The minimum absolute atomic E-state index is 0.141. The van der Waals surface area contributed by atoms with Gasteiger partial charge in [-0.15, -0.1) is 0 Å². The highest BCUT2D eigenvalue weighted by Crippen LogP contribution is 2.37. The highest BCUT2D eigenvalue weighted by Gasteiger charge is 2.39. The highest BCUT2D eigenvalue weighted by atomic mass is 79.9. The fourth-order valence-electron chi connectivity index (χ4n) is 1.76. The van der Waals surface area contributed by atoms with Gasteiger partial charge in [0, 0.05) is 29.0 Å². The molecule has 1 aromatic rings. The largest absolute Gasteiger partial charge is 0.419 e. The van der Waals surface area contributed by atoms with Crippen molar-refractivity contribution in [3.8, 4) is 6.07 Å². The molecule has 1 N–H and O–H groups in total. The van der Waals surface area contributed by atoms with Gasteiger partial charge in [-0.3, -0.25) is 0 Å². The van der Waals surface area contributed by atoms with E-state index in [1.807, 2.05) is 6.07 Å². The van der Waals surface area contributed by atoms with Crippen LogP contribution in [0.15, 0.2) is 26.8 Å². The van der Waals surface area contributed by atoms with Crippen LogP contribution >= 0.6 is 43.5 Å². The smallest absolute Gasteiger partial charge is 0.350 e. The lowest BCUT2D eigenvalue weighted by Gasteiger charge is -2.29. The van der Waals surface area contributed by atoms with Crippen LogP contribution in [0.3, 0.4) is 0 Å². The number of halogens is 3. The lowest BCUT2D eigenvalue weighted by molar-refractivity contribution is -0.222. The zero-order valence-electron chi connectivity index (χ0n) is 11.9. The second-order valence-electron chi connectivity index (χ2n) is 4.90. The van der Waals surface area contributed by atoms with Crippen LogP contribution in [-0.4, -0.2) is 17.7 Å². The Labute approximate surface area is 153 Å². The molecule has 0 aliphatic carbocycles. The van der Waals surface area contributed by atoms with E-state index >= 15 is 0 Å². The summed E-state index contributed by atoms with van der Waals surface area (Å²) < 4.78 is 11.0. The Morgan fingerprint density at radius 3 is 2.35 bits per heavy atom. The fraction of sp³-hybridized carbons (Fsp3) is 0.214. The predicted molar refractivity (Wildman–Crippen MR) is 89.5 cm³/mol. The Hall–Kier alpha value is -1.56. The molecule has 1 fully saturated rings. The van der Waals surface area contributed by atoms with Crippen LogP contribution in [0.4, 0.5) is 5.69 Å². The van der Waals surface area contributed by atoms with Crippen LogP contribution in [0.25, 0.3) is 0 Å². The Morgan fingerprint density at radius 1 is 1.26 bits per heavy atom. The summed E-state index contributed by atoms with van der Waals surface area (Å²) in [5.74, 6) is -2.96. The third-order valence-corrected chi connectivity index (χ3v) is 4.63. The maximum Gasteiger partial charge on any atom is 0.350 e. The molecule has 23 heavy (non-hydrogen) atoms. The van der Waals surface area contributed by atoms with Crippen LogP contribution in [0.5, 0.6) is 0 Å². The van der Waals surface area contributed by atoms with Crippen molar-refractivity contribution in [3.63, 3.8) is 0 Å². The Kier molecular flexibility index (Phi) is 5.04. The van der Waals surface area contributed by atoms with Crippen molar-refractivity contribution in [2.75, 3.05) is 5.32 Å². The van der Waals surface area contributed by atoms with Gasteiger partial charge in [-0.05, 0) is 37.9 Å². The van der Waals surface area contributed by atoms with Crippen molar-refractivity contribution in [3.05, 3.63) is 37.4 Å². The molecule has 1 aliphatic rings. The molecule has 0 amide bonds. The number of ether oxygens (including phenoxy) is 2. The molecular formula is C14H9Br2ClN2O4. The Bertz CT molecular complexity index is 762. The molecular weight excluding hydrogens is 455 g/mol. The molecule has 120 valence electrons. The normalized spacial score (nSPS) is 16.3. The number of nitriles is 1. The van der Waals surface area contributed by atoms with Crippen LogP contribution in [0, 0.1) is 11.3 Å². The van der Waals surface area contributed by atoms with E-state index in [1.54, 1.807) is 6.07 Å². The predicted octanol–water partition coefficient (Wildman–Crippen LogP) is 3.87. The maximum atomic E-state index is 11.9. The summed E-state index contributed by atoms with van der Waals surface area (Å²) in [6, 6.07) is 3.58. The third kappa shape index (κ3) is 3.68. The lowest BCUT2D eigenvalue weighted by atomic mass is 10.2. The van der Waals surface area contributed by atoms with Gasteiger partial charge in [-0.2, -0.15) is 5.26 Å². The summed E-state index contributed by atoms with van der Waals surface area (Å²) in [5, 5.41) is 12.2. The first-order valence-electron chi connectivity index (χ1n) is 6.17. The van der Waals surface area contributed by atoms with E-state index in [-0.39, 0.29) is 16.2 Å². The zero-order chi connectivity index (χ0) is 17.4. The monoisotopic (exact) mass is 462 g/mol. The molecule has 0 spiro atoms. The number of nitrogens with zero attached hydrogens (tertiary/aromatic N) is 1. The number of esters is 2. The van der Waals surface area contributed by atoms with E-state index in [2.05, 4.69) is 37.2 Å². The van der Waals surface area contributed by atoms with Gasteiger partial charge in [-0.1, -0.05) is 11.6 Å². The molecule has 1 aromatic carbocycles. The third-order valence-electron chi connectivity index (χ3n) is 2.76. The molecule has 1 saturated heterocycles. The van der Waals surface area contributed by atoms with E-state index < -0.39 is 17.7 Å². The molecule has 0 saturated carbocycles. The first-order chi connectivity index (χ1) is 10.7. The van der Waals surface area contributed by atoms with Gasteiger partial charge < -0.3 is 14.8 Å². The molecule has 1 heterocycles. The SMILES string of the molecule is CC1(C)OC(=O)C(=CNc2c(Br)cc(Br)c(Cl)c2C#N)C(=O)O1. The second-order valence-corrected chi connectivity index (χ2v) is 6.98. The summed E-state index contributed by atoms with van der Waals surface area (Å²) >= 11 is 12.6. The second kappa shape index (κ2) is 6.51. The zero-order valence-corrected chi connectivity index (χ0v) is 15.8. The van der Waals surface area contributed by atoms with E-state index in [0.29, 0.717) is 14.6 Å². The minimum atomic E-state index is -1.31. The number of rotatable bonds is 2. The van der Waals surface area contributed by atoms with E-state index in [1.165, 1.54) is 13.8 Å². The van der Waals surface area contributed by atoms with Crippen molar-refractivity contribution in [2.45, 2.75) is 19.6 Å². The molecule has 6 nitrogen and oxygen atoms in total. The number of carbonyl (C=O) groups excluding carboxylic acids is 2. The van der Waals surface area contributed by atoms with Gasteiger partial charge in [-0.25, -0.2) is 9.59 Å². The quantitative estimate of drug-likeness (QED) is 0.309. The fourth-order valence-corrected chi connectivity index (χ4v) is 3.23. The molecule has 1 aliphatic heterocycles. The summed E-state index contributed by atoms with van der Waals surface area (Å²) in [6.07, 6.45) is 1.12. The van der Waals surface area contributed by atoms with Gasteiger partial charge in [0.2, 0.25) is 0 Å². The maximum absolute atomic E-state index is 11.9. The molecule has 9 heteroatoms. The number of benzene rings is 1. The van der Waals surface area contributed by atoms with Crippen LogP contribution in [-0.2, 0) is 19.1 Å². The molecule has 2 rings (SSSR count). The molecule has 0 aromatic heterocycles. The van der Waals surface area contributed by atoms with Crippen molar-refractivity contribution < 1.29 is 19.1 Å². The van der Waals surface area contributed by atoms with Gasteiger partial charge in [0.25, 0.3) is 5.79 Å². The number of hydrogen-bond acceptors (Lipinski definition) is 6. The van der Waals surface area contributed by atoms with Crippen LogP contribution < -0.4 is 5.32 Å². The Morgan fingerprint density at radius 2 is 1.83 bits per heavy atom. The van der Waals surface area contributed by atoms with Crippen molar-refractivity contribution in [1.82, 2.24) is 0 Å². The molecule has 0 bridgehead atoms. The first-order valence-corrected chi connectivity index (χ1v) is 8.13. The van der Waals surface area contributed by atoms with Crippen molar-refractivity contribution in [2.24, 2.45) is 0 Å². The molecule has 0 atom stereocenters. The standard InChI is InChI=1S/C14H9Br2ClN2O4/c1-14(2)22-12(20)7(13(21)23-14)5-19-11-6(4-18)10(17)8(15)3-9(11)16/h3,5,19H,1-2H3. The lowest BCUT2D eigenvalue weighted by Crippen LogP contribution is -2.42.